The van der Waals surface area contributed by atoms with Crippen LogP contribution in [0, 0.1) is 37.7 Å². The summed E-state index contributed by atoms with van der Waals surface area (Å²) in [7, 11) is 0. The Morgan fingerprint density at radius 3 is 1.95 bits per heavy atom. The van der Waals surface area contributed by atoms with Crippen LogP contribution in [-0.2, 0) is 36.5 Å². The molecule has 0 unspecified atom stereocenters. The average molecular weight is 1000 g/mol. The predicted molar refractivity (Wildman–Crippen MR) is 221 cm³/mol. The van der Waals surface area contributed by atoms with Crippen molar-refractivity contribution in [2.75, 3.05) is 0 Å². The van der Waals surface area contributed by atoms with Gasteiger partial charge >= 0.3 is 12.4 Å². The van der Waals surface area contributed by atoms with Crippen LogP contribution in [0.2, 0.25) is 0 Å². The van der Waals surface area contributed by atoms with E-state index in [0.717, 1.165) is 63.5 Å². The van der Waals surface area contributed by atoms with Crippen LogP contribution in [0.1, 0.15) is 120 Å². The Hall–Kier alpha value is -3.53. The van der Waals surface area contributed by atoms with E-state index in [1.165, 1.54) is 42.6 Å². The summed E-state index contributed by atoms with van der Waals surface area (Å²) in [5, 5.41) is 11.7. The Morgan fingerprint density at radius 1 is 0.862 bits per heavy atom. The second kappa shape index (κ2) is 16.8. The molecule has 3 aromatic carbocycles. The van der Waals surface area contributed by atoms with Crippen LogP contribution in [0.3, 0.4) is 0 Å². The van der Waals surface area contributed by atoms with Crippen molar-refractivity contribution in [1.82, 2.24) is 4.98 Å². The quantitative estimate of drug-likeness (QED) is 0.0826. The summed E-state index contributed by atoms with van der Waals surface area (Å²) in [6, 6.07) is 18.2. The molecule has 0 atom stereocenters. The molecule has 2 aromatic heterocycles. The zero-order chi connectivity index (χ0) is 42.6. The number of halogens is 6. The number of benzene rings is 3. The Bertz CT molecular complexity index is 2330. The van der Waals surface area contributed by atoms with Gasteiger partial charge in [0.05, 0.1) is 5.56 Å². The van der Waals surface area contributed by atoms with E-state index in [4.69, 9.17) is 0 Å². The number of hydrogen-bond acceptors (Lipinski definition) is 4. The summed E-state index contributed by atoms with van der Waals surface area (Å²) in [5.74, 6) is -0.916. The van der Waals surface area contributed by atoms with E-state index >= 15 is 0 Å². The Labute approximate surface area is 355 Å². The first kappa shape index (κ1) is 47.2. The third-order valence-corrected chi connectivity index (χ3v) is 12.4. The van der Waals surface area contributed by atoms with Crippen LogP contribution in [0.5, 0.6) is 0 Å². The number of fused-ring (bicyclic) bond motifs is 2. The van der Waals surface area contributed by atoms with Gasteiger partial charge in [0.15, 0.2) is 5.78 Å². The standard InChI is InChI=1S/C36H35F3NS.C11H17F3O2.Ir/c1-20-15-25(23-11-7-8-12-23)16-21(2)30(20)33-22(3)31-29(36(37,38)39)19-40-32(34(31)41-33)26-17-24-13-9-10-14-27(24)28(18-26)35(4,5)6;1-9(2,3)7(15)6-8(16)10(4,5)11(12,13)14;/h9-10,13-16,18-19,23H,7-8,11-12H2,1-6H3;6,15H,1-5H3;/q-1;;/b;7-6-;. The van der Waals surface area contributed by atoms with E-state index in [-0.39, 0.29) is 36.7 Å². The number of nitrogens with zero attached hydrogens (tertiary/aromatic N) is 1. The largest absolute Gasteiger partial charge is 0.512 e. The number of allylic oxidation sites excluding steroid dienone is 2. The van der Waals surface area contributed by atoms with Gasteiger partial charge in [-0.3, -0.25) is 9.78 Å². The second-order valence-corrected chi connectivity index (χ2v) is 19.0. The van der Waals surface area contributed by atoms with Crippen LogP contribution in [0.15, 0.2) is 60.5 Å². The van der Waals surface area contributed by atoms with Gasteiger partial charge in [0, 0.05) is 58.5 Å². The number of carbonyl (C=O) groups excluding carboxylic acids is 1. The van der Waals surface area contributed by atoms with E-state index < -0.39 is 34.5 Å². The van der Waals surface area contributed by atoms with Crippen LogP contribution in [-0.4, -0.2) is 22.1 Å². The molecule has 1 aliphatic rings. The van der Waals surface area contributed by atoms with Crippen molar-refractivity contribution in [3.8, 4) is 21.7 Å². The first-order chi connectivity index (χ1) is 26.1. The van der Waals surface area contributed by atoms with Gasteiger partial charge in [-0.2, -0.15) is 26.3 Å². The van der Waals surface area contributed by atoms with Gasteiger partial charge in [0.1, 0.15) is 11.2 Å². The molecular weight excluding hydrogens is 949 g/mol. The molecule has 0 aliphatic heterocycles. The van der Waals surface area contributed by atoms with Gasteiger partial charge in [0.2, 0.25) is 0 Å². The third-order valence-electron chi connectivity index (χ3n) is 11.1. The maximum Gasteiger partial charge on any atom is 0.418 e. The molecule has 1 radical (unpaired) electrons. The molecular formula is C47H52F6IrNO2S-. The number of aliphatic hydroxyl groups is 1. The van der Waals surface area contributed by atoms with Gasteiger partial charge in [-0.15, -0.1) is 40.5 Å². The first-order valence-electron chi connectivity index (χ1n) is 19.2. The maximum atomic E-state index is 14.4. The molecule has 0 amide bonds. The summed E-state index contributed by atoms with van der Waals surface area (Å²) in [4.78, 5) is 16.8. The summed E-state index contributed by atoms with van der Waals surface area (Å²) in [6.45, 7) is 18.9. The van der Waals surface area contributed by atoms with Crippen molar-refractivity contribution in [2.24, 2.45) is 10.8 Å². The molecule has 1 saturated carbocycles. The van der Waals surface area contributed by atoms with E-state index in [1.54, 1.807) is 20.8 Å². The molecule has 1 N–H and O–H groups in total. The number of alkyl halides is 6. The monoisotopic (exact) mass is 1000 g/mol. The fourth-order valence-corrected chi connectivity index (χ4v) is 8.90. The molecule has 6 rings (SSSR count). The number of aromatic nitrogens is 1. The SMILES string of the molecule is CC(C)(C)/C(O)=C/C(=O)C(C)(C)C(F)(F)F.Cc1cc(C2CCCC2)cc(C)c1-c1sc2c(-c3[c-]c4ccccc4c(C(C)(C)C)c3)ncc(C(F)(F)F)c2c1C.[Ir]. The van der Waals surface area contributed by atoms with Crippen LogP contribution >= 0.6 is 11.3 Å². The minimum absolute atomic E-state index is 0. The van der Waals surface area contributed by atoms with Gasteiger partial charge in [-0.25, -0.2) is 0 Å². The molecule has 1 fully saturated rings. The molecule has 315 valence electrons. The zero-order valence-electron chi connectivity index (χ0n) is 34.9. The summed E-state index contributed by atoms with van der Waals surface area (Å²) >= 11 is 1.43. The molecule has 11 heteroatoms. The zero-order valence-corrected chi connectivity index (χ0v) is 38.1. The normalized spacial score (nSPS) is 14.7. The van der Waals surface area contributed by atoms with E-state index in [0.29, 0.717) is 28.0 Å². The Balaban J connectivity index is 0.000000374. The molecule has 58 heavy (non-hydrogen) atoms. The third kappa shape index (κ3) is 9.58. The molecule has 5 aromatic rings. The predicted octanol–water partition coefficient (Wildman–Crippen LogP) is 15.1. The van der Waals surface area contributed by atoms with Crippen LogP contribution < -0.4 is 0 Å². The molecule has 0 spiro atoms. The second-order valence-electron chi connectivity index (χ2n) is 17.9. The molecule has 3 nitrogen and oxygen atoms in total. The summed E-state index contributed by atoms with van der Waals surface area (Å²) in [5.41, 5.74) is 3.66. The summed E-state index contributed by atoms with van der Waals surface area (Å²) < 4.78 is 81.3. The topological polar surface area (TPSA) is 50.2 Å². The van der Waals surface area contributed by atoms with Crippen LogP contribution in [0.4, 0.5) is 26.3 Å². The number of hydrogen-bond donors (Lipinski definition) is 1. The van der Waals surface area contributed by atoms with E-state index in [2.05, 4.69) is 69.9 Å². The Morgan fingerprint density at radius 2 is 1.43 bits per heavy atom. The first-order valence-corrected chi connectivity index (χ1v) is 20.0. The summed E-state index contributed by atoms with van der Waals surface area (Å²) in [6.07, 6.45) is -2.51. The van der Waals surface area contributed by atoms with Crippen molar-refractivity contribution in [2.45, 2.75) is 126 Å². The van der Waals surface area contributed by atoms with Crippen molar-refractivity contribution >= 4 is 38.0 Å². The average Bonchev–Trinajstić information content (AvgIpc) is 3.74. The smallest absolute Gasteiger partial charge is 0.418 e. The van der Waals surface area contributed by atoms with Crippen molar-refractivity contribution in [1.29, 1.82) is 0 Å². The number of pyridine rings is 1. The minimum Gasteiger partial charge on any atom is -0.512 e. The number of rotatable bonds is 5. The number of aryl methyl sites for hydroxylation is 3. The van der Waals surface area contributed by atoms with Crippen LogP contribution in [0.25, 0.3) is 42.6 Å². The number of carbonyl (C=O) groups is 1. The van der Waals surface area contributed by atoms with Gasteiger partial charge < -0.3 is 5.11 Å². The molecule has 0 bridgehead atoms. The van der Waals surface area contributed by atoms with E-state index in [9.17, 15) is 36.2 Å². The molecule has 2 heterocycles. The van der Waals surface area contributed by atoms with Crippen molar-refractivity contribution < 1.29 is 56.3 Å². The maximum absolute atomic E-state index is 14.4. The molecule has 1 aliphatic carbocycles. The minimum atomic E-state index is -4.63. The number of ketones is 1. The fraction of sp³-hybridized carbons (Fsp3) is 0.447. The number of aliphatic hydroxyl groups excluding tert-OH is 1. The van der Waals surface area contributed by atoms with Crippen molar-refractivity contribution in [3.63, 3.8) is 0 Å². The van der Waals surface area contributed by atoms with E-state index in [1.807, 2.05) is 25.1 Å². The van der Waals surface area contributed by atoms with Gasteiger partial charge in [-0.05, 0) is 86.6 Å². The number of thiophene rings is 1. The molecule has 0 saturated heterocycles. The fourth-order valence-electron chi connectivity index (χ4n) is 7.39. The van der Waals surface area contributed by atoms with Gasteiger partial charge in [0.25, 0.3) is 0 Å². The van der Waals surface area contributed by atoms with Gasteiger partial charge in [-0.1, -0.05) is 95.7 Å². The Kier molecular flexibility index (Phi) is 13.7. The van der Waals surface area contributed by atoms with Crippen molar-refractivity contribution in [3.05, 3.63) is 99.9 Å².